The summed E-state index contributed by atoms with van der Waals surface area (Å²) < 4.78 is 36.5. The Hall–Kier alpha value is -5.54. The van der Waals surface area contributed by atoms with Crippen LogP contribution in [0.25, 0.3) is 11.3 Å². The number of nitrogens with two attached hydrogens (primary N) is 1. The molecular weight excluding hydrogens is 722 g/mol. The van der Waals surface area contributed by atoms with Gasteiger partial charge < -0.3 is 24.8 Å². The number of fused-ring (bicyclic) bond motifs is 1. The van der Waals surface area contributed by atoms with E-state index in [1.807, 2.05) is 42.5 Å². The number of aromatic nitrogens is 1. The van der Waals surface area contributed by atoms with Crippen molar-refractivity contribution < 1.29 is 23.1 Å². The fraction of sp³-hybridized carbons (Fsp3) is 0.279. The van der Waals surface area contributed by atoms with Crippen LogP contribution in [-0.4, -0.2) is 65.1 Å². The summed E-state index contributed by atoms with van der Waals surface area (Å²) in [5.41, 5.74) is 11.1. The number of rotatable bonds is 9. The number of amides is 2. The number of benzene rings is 4. The predicted octanol–water partition coefficient (Wildman–Crippen LogP) is 7.79. The SMILES string of the molecule is Cc1c(C(=O)N(Cc2ccccc2N)c2ccc(Cl)cc2)cc(-c2cc(C(F)F)c(C#N)cc2C(=O)N2Cc3ccccc3C[C@H]2CN2CCOCC2)n1C. The molecule has 0 radical (unpaired) electrons. The number of nitriles is 1. The van der Waals surface area contributed by atoms with Crippen molar-refractivity contribution in [3.8, 4) is 17.3 Å². The molecule has 1 aromatic heterocycles. The lowest BCUT2D eigenvalue weighted by Gasteiger charge is -2.40. The van der Waals surface area contributed by atoms with Crippen molar-refractivity contribution >= 4 is 34.8 Å². The summed E-state index contributed by atoms with van der Waals surface area (Å²) in [7, 11) is 1.73. The second-order valence-corrected chi connectivity index (χ2v) is 14.5. The standard InChI is InChI=1S/C43H41ClF2N6O3/c1-27-35(42(53)51(33-13-11-32(44)12-14-33)25-30-9-5-6-10-39(30)48)22-40(49(27)2)37-21-36(41(45)46)31(23-47)20-38(37)43(54)52-24-29-8-4-3-7-28(29)19-34(52)26-50-15-17-55-18-16-50/h3-14,20-22,34,41H,15-19,24-26,48H2,1-2H3/t34-/m0/s1. The van der Waals surface area contributed by atoms with Crippen LogP contribution in [0, 0.1) is 18.3 Å². The third-order valence-corrected chi connectivity index (χ3v) is 11.0. The molecule has 2 N–H and O–H groups in total. The fourth-order valence-corrected chi connectivity index (χ4v) is 7.70. The summed E-state index contributed by atoms with van der Waals surface area (Å²) in [6, 6.07) is 28.0. The molecule has 1 fully saturated rings. The molecular formula is C43H41ClF2N6O3. The van der Waals surface area contributed by atoms with Crippen molar-refractivity contribution in [2.45, 2.75) is 38.9 Å². The van der Waals surface area contributed by atoms with Gasteiger partial charge in [0.25, 0.3) is 18.2 Å². The summed E-state index contributed by atoms with van der Waals surface area (Å²) >= 11 is 6.21. The predicted molar refractivity (Wildman–Crippen MR) is 209 cm³/mol. The van der Waals surface area contributed by atoms with Gasteiger partial charge in [-0.3, -0.25) is 14.5 Å². The third-order valence-electron chi connectivity index (χ3n) is 10.8. The minimum atomic E-state index is -2.98. The first-order chi connectivity index (χ1) is 26.5. The molecule has 5 aromatic rings. The van der Waals surface area contributed by atoms with Gasteiger partial charge in [0, 0.05) is 78.2 Å². The zero-order chi connectivity index (χ0) is 38.8. The first kappa shape index (κ1) is 37.8. The van der Waals surface area contributed by atoms with E-state index in [9.17, 15) is 23.6 Å². The zero-order valence-corrected chi connectivity index (χ0v) is 31.4. The number of para-hydroxylation sites is 1. The molecule has 0 bridgehead atoms. The molecule has 282 valence electrons. The molecule has 1 saturated heterocycles. The number of nitrogen functional groups attached to an aromatic ring is 1. The second kappa shape index (κ2) is 16.1. The lowest BCUT2D eigenvalue weighted by atomic mass is 9.91. The van der Waals surface area contributed by atoms with Gasteiger partial charge in [-0.2, -0.15) is 5.26 Å². The molecule has 55 heavy (non-hydrogen) atoms. The van der Waals surface area contributed by atoms with Crippen molar-refractivity contribution in [2.24, 2.45) is 7.05 Å². The summed E-state index contributed by atoms with van der Waals surface area (Å²) in [5, 5.41) is 10.6. The van der Waals surface area contributed by atoms with E-state index in [-0.39, 0.29) is 41.1 Å². The number of carbonyl (C=O) groups is 2. The molecule has 7 rings (SSSR count). The molecule has 3 heterocycles. The summed E-state index contributed by atoms with van der Waals surface area (Å²) in [6.07, 6.45) is -2.36. The second-order valence-electron chi connectivity index (χ2n) is 14.0. The highest BCUT2D eigenvalue weighted by molar-refractivity contribution is 6.30. The molecule has 12 heteroatoms. The Bertz CT molecular complexity index is 2280. The molecule has 0 saturated carbocycles. The molecule has 9 nitrogen and oxygen atoms in total. The number of nitrogens with zero attached hydrogens (tertiary/aromatic N) is 5. The maximum Gasteiger partial charge on any atom is 0.265 e. The molecule has 2 aliphatic heterocycles. The molecule has 0 unspecified atom stereocenters. The van der Waals surface area contributed by atoms with E-state index in [1.54, 1.807) is 64.7 Å². The first-order valence-electron chi connectivity index (χ1n) is 18.2. The number of carbonyl (C=O) groups excluding carboxylic acids is 2. The number of hydrogen-bond acceptors (Lipinski definition) is 6. The molecule has 4 aromatic carbocycles. The van der Waals surface area contributed by atoms with Gasteiger partial charge >= 0.3 is 0 Å². The normalized spacial score (nSPS) is 15.8. The summed E-state index contributed by atoms with van der Waals surface area (Å²) in [5.74, 6) is -0.743. The molecule has 1 atom stereocenters. The van der Waals surface area contributed by atoms with Crippen molar-refractivity contribution in [3.63, 3.8) is 0 Å². The molecule has 0 spiro atoms. The number of ether oxygens (including phenoxy) is 1. The monoisotopic (exact) mass is 762 g/mol. The van der Waals surface area contributed by atoms with E-state index >= 15 is 0 Å². The van der Waals surface area contributed by atoms with E-state index in [2.05, 4.69) is 11.0 Å². The van der Waals surface area contributed by atoms with Crippen LogP contribution in [0.15, 0.2) is 91.0 Å². The van der Waals surface area contributed by atoms with E-state index in [0.717, 1.165) is 29.8 Å². The number of morpholine rings is 1. The summed E-state index contributed by atoms with van der Waals surface area (Å²) in [4.78, 5) is 35.3. The Morgan fingerprint density at radius 3 is 2.36 bits per heavy atom. The highest BCUT2D eigenvalue weighted by atomic mass is 35.5. The van der Waals surface area contributed by atoms with Crippen LogP contribution in [0.3, 0.4) is 0 Å². The third kappa shape index (κ3) is 7.71. The Balaban J connectivity index is 1.33. The topological polar surface area (TPSA) is 108 Å². The van der Waals surface area contributed by atoms with Gasteiger partial charge in [0.1, 0.15) is 0 Å². The first-order valence-corrected chi connectivity index (χ1v) is 18.5. The Kier molecular flexibility index (Phi) is 11.0. The highest BCUT2D eigenvalue weighted by Crippen LogP contribution is 2.37. The van der Waals surface area contributed by atoms with Gasteiger partial charge in [-0.15, -0.1) is 0 Å². The largest absolute Gasteiger partial charge is 0.398 e. The van der Waals surface area contributed by atoms with Crippen LogP contribution in [0.1, 0.15) is 60.7 Å². The van der Waals surface area contributed by atoms with Crippen LogP contribution in [0.2, 0.25) is 5.02 Å². The lowest BCUT2D eigenvalue weighted by molar-refractivity contribution is 0.0193. The molecule has 2 amide bonds. The van der Waals surface area contributed by atoms with E-state index in [4.69, 9.17) is 22.1 Å². The van der Waals surface area contributed by atoms with Crippen LogP contribution in [0.4, 0.5) is 20.2 Å². The van der Waals surface area contributed by atoms with Gasteiger partial charge in [0.15, 0.2) is 0 Å². The Morgan fingerprint density at radius 1 is 0.982 bits per heavy atom. The van der Waals surface area contributed by atoms with Crippen molar-refractivity contribution in [1.82, 2.24) is 14.4 Å². The molecule has 2 aliphatic rings. The van der Waals surface area contributed by atoms with E-state index in [1.165, 1.54) is 12.1 Å². The molecule has 0 aliphatic carbocycles. The Morgan fingerprint density at radius 2 is 1.67 bits per heavy atom. The van der Waals surface area contributed by atoms with Crippen molar-refractivity contribution in [3.05, 3.63) is 141 Å². The number of hydrogen-bond donors (Lipinski definition) is 1. The van der Waals surface area contributed by atoms with Crippen LogP contribution in [0.5, 0.6) is 0 Å². The average Bonchev–Trinajstić information content (AvgIpc) is 3.49. The van der Waals surface area contributed by atoms with Gasteiger partial charge in [0.05, 0.1) is 42.5 Å². The number of anilines is 2. The van der Waals surface area contributed by atoms with Crippen LogP contribution >= 0.6 is 11.6 Å². The van der Waals surface area contributed by atoms with Gasteiger partial charge in [-0.1, -0.05) is 54.1 Å². The van der Waals surface area contributed by atoms with Gasteiger partial charge in [-0.05, 0) is 78.6 Å². The number of halogens is 3. The maximum absolute atomic E-state index is 15.0. The van der Waals surface area contributed by atoms with Gasteiger partial charge in [-0.25, -0.2) is 8.78 Å². The Labute approximate surface area is 324 Å². The van der Waals surface area contributed by atoms with E-state index in [0.29, 0.717) is 66.1 Å². The van der Waals surface area contributed by atoms with Crippen LogP contribution < -0.4 is 10.6 Å². The average molecular weight is 763 g/mol. The van der Waals surface area contributed by atoms with Gasteiger partial charge in [0.2, 0.25) is 0 Å². The summed E-state index contributed by atoms with van der Waals surface area (Å²) in [6.45, 7) is 5.51. The highest BCUT2D eigenvalue weighted by Gasteiger charge is 2.35. The number of alkyl halides is 2. The zero-order valence-electron chi connectivity index (χ0n) is 30.6. The smallest absolute Gasteiger partial charge is 0.265 e. The minimum Gasteiger partial charge on any atom is -0.398 e. The van der Waals surface area contributed by atoms with Crippen LogP contribution in [-0.2, 0) is 31.3 Å². The lowest BCUT2D eigenvalue weighted by Crippen LogP contribution is -2.52. The van der Waals surface area contributed by atoms with Crippen molar-refractivity contribution in [2.75, 3.05) is 43.5 Å². The van der Waals surface area contributed by atoms with Crippen molar-refractivity contribution in [1.29, 1.82) is 5.26 Å². The maximum atomic E-state index is 15.0. The fourth-order valence-electron chi connectivity index (χ4n) is 7.58. The quantitative estimate of drug-likeness (QED) is 0.154. The minimum absolute atomic E-state index is 0.110. The van der Waals surface area contributed by atoms with E-state index < -0.39 is 12.0 Å².